The molecule has 27 heavy (non-hydrogen) atoms. The van der Waals surface area contributed by atoms with Crippen LogP contribution in [0.4, 0.5) is 0 Å². The quantitative estimate of drug-likeness (QED) is 0.718. The van der Waals surface area contributed by atoms with Gasteiger partial charge in [0.05, 0.1) is 11.5 Å². The van der Waals surface area contributed by atoms with Crippen molar-refractivity contribution >= 4 is 31.8 Å². The Morgan fingerprint density at radius 1 is 1.11 bits per heavy atom. The summed E-state index contributed by atoms with van der Waals surface area (Å²) in [6.45, 7) is 1.15. The SMILES string of the molecule is O=C(C[C@H]1CCS(=O)(=O)C1)N1CCN(S(=O)(=O)/C=C/c2ccccc2)CC1. The summed E-state index contributed by atoms with van der Waals surface area (Å²) < 4.78 is 49.3. The van der Waals surface area contributed by atoms with Crippen molar-refractivity contribution in [2.24, 2.45) is 5.92 Å². The van der Waals surface area contributed by atoms with Crippen molar-refractivity contribution in [1.29, 1.82) is 0 Å². The fourth-order valence-corrected chi connectivity index (χ4v) is 6.45. The van der Waals surface area contributed by atoms with Gasteiger partial charge in [0, 0.05) is 38.0 Å². The van der Waals surface area contributed by atoms with Gasteiger partial charge in [0.2, 0.25) is 15.9 Å². The lowest BCUT2D eigenvalue weighted by Gasteiger charge is -2.33. The second-order valence-electron chi connectivity index (χ2n) is 7.01. The molecule has 1 atom stereocenters. The van der Waals surface area contributed by atoms with Gasteiger partial charge in [-0.1, -0.05) is 30.3 Å². The second-order valence-corrected chi connectivity index (χ2v) is 11.1. The van der Waals surface area contributed by atoms with E-state index >= 15 is 0 Å². The molecule has 1 amide bonds. The third-order valence-electron chi connectivity index (χ3n) is 4.97. The van der Waals surface area contributed by atoms with E-state index in [1.807, 2.05) is 30.3 Å². The molecule has 0 aromatic heterocycles. The number of amides is 1. The van der Waals surface area contributed by atoms with E-state index in [4.69, 9.17) is 0 Å². The topological polar surface area (TPSA) is 91.8 Å². The molecule has 7 nitrogen and oxygen atoms in total. The molecule has 1 aromatic carbocycles. The molecule has 1 aromatic rings. The maximum Gasteiger partial charge on any atom is 0.236 e. The van der Waals surface area contributed by atoms with Crippen LogP contribution in [0.5, 0.6) is 0 Å². The minimum Gasteiger partial charge on any atom is -0.340 e. The number of rotatable bonds is 5. The van der Waals surface area contributed by atoms with Crippen LogP contribution < -0.4 is 0 Å². The van der Waals surface area contributed by atoms with Gasteiger partial charge in [0.15, 0.2) is 9.84 Å². The highest BCUT2D eigenvalue weighted by atomic mass is 32.2. The van der Waals surface area contributed by atoms with E-state index in [1.165, 1.54) is 9.71 Å². The van der Waals surface area contributed by atoms with E-state index in [1.54, 1.807) is 11.0 Å². The largest absolute Gasteiger partial charge is 0.340 e. The molecule has 2 aliphatic heterocycles. The molecule has 2 aliphatic rings. The molecule has 9 heteroatoms. The number of sulfone groups is 1. The minimum atomic E-state index is -3.53. The predicted octanol–water partition coefficient (Wildman–Crippen LogP) is 0.956. The lowest BCUT2D eigenvalue weighted by molar-refractivity contribution is -0.133. The first-order chi connectivity index (χ1) is 12.8. The summed E-state index contributed by atoms with van der Waals surface area (Å²) in [6, 6.07) is 9.19. The van der Waals surface area contributed by atoms with Crippen LogP contribution in [0.1, 0.15) is 18.4 Å². The van der Waals surface area contributed by atoms with Crippen LogP contribution in [-0.2, 0) is 24.7 Å². The van der Waals surface area contributed by atoms with E-state index < -0.39 is 19.9 Å². The highest BCUT2D eigenvalue weighted by molar-refractivity contribution is 7.92. The minimum absolute atomic E-state index is 0.0807. The zero-order chi connectivity index (χ0) is 19.5. The molecule has 0 N–H and O–H groups in total. The number of benzene rings is 1. The molecule has 0 radical (unpaired) electrons. The Hall–Kier alpha value is -1.71. The molecule has 0 aliphatic carbocycles. The first-order valence-corrected chi connectivity index (χ1v) is 12.3. The van der Waals surface area contributed by atoms with E-state index in [2.05, 4.69) is 0 Å². The first kappa shape index (κ1) is 20.0. The fraction of sp³-hybridized carbons (Fsp3) is 0.500. The van der Waals surface area contributed by atoms with Gasteiger partial charge in [-0.3, -0.25) is 4.79 Å². The Labute approximate surface area is 160 Å². The van der Waals surface area contributed by atoms with Crippen molar-refractivity contribution in [2.45, 2.75) is 12.8 Å². The fourth-order valence-electron chi connectivity index (χ4n) is 3.42. The maximum atomic E-state index is 12.5. The lowest BCUT2D eigenvalue weighted by atomic mass is 10.0. The van der Waals surface area contributed by atoms with Gasteiger partial charge in [-0.2, -0.15) is 4.31 Å². The van der Waals surface area contributed by atoms with E-state index in [0.29, 0.717) is 19.5 Å². The first-order valence-electron chi connectivity index (χ1n) is 8.97. The Morgan fingerprint density at radius 3 is 2.37 bits per heavy atom. The number of hydrogen-bond donors (Lipinski definition) is 0. The molecular weight excluding hydrogens is 388 g/mol. The van der Waals surface area contributed by atoms with Crippen molar-refractivity contribution in [3.63, 3.8) is 0 Å². The zero-order valence-corrected chi connectivity index (χ0v) is 16.7. The Morgan fingerprint density at radius 2 is 1.78 bits per heavy atom. The van der Waals surface area contributed by atoms with Gasteiger partial charge in [0.25, 0.3) is 0 Å². The molecule has 0 saturated carbocycles. The van der Waals surface area contributed by atoms with E-state index in [9.17, 15) is 21.6 Å². The average Bonchev–Trinajstić information content (AvgIpc) is 2.99. The molecule has 0 unspecified atom stereocenters. The van der Waals surface area contributed by atoms with Crippen LogP contribution in [0.3, 0.4) is 0 Å². The van der Waals surface area contributed by atoms with Crippen molar-refractivity contribution in [3.8, 4) is 0 Å². The molecule has 0 spiro atoms. The summed E-state index contributed by atoms with van der Waals surface area (Å²) in [7, 11) is -6.53. The van der Waals surface area contributed by atoms with Crippen molar-refractivity contribution in [2.75, 3.05) is 37.7 Å². The van der Waals surface area contributed by atoms with Crippen LogP contribution >= 0.6 is 0 Å². The smallest absolute Gasteiger partial charge is 0.236 e. The molecule has 148 valence electrons. The number of carbonyl (C=O) groups is 1. The summed E-state index contributed by atoms with van der Waals surface area (Å²) in [5, 5.41) is 1.20. The van der Waals surface area contributed by atoms with Crippen LogP contribution in [0.25, 0.3) is 6.08 Å². The van der Waals surface area contributed by atoms with Crippen LogP contribution in [0, 0.1) is 5.92 Å². The van der Waals surface area contributed by atoms with Crippen LogP contribution in [0.2, 0.25) is 0 Å². The van der Waals surface area contributed by atoms with Crippen LogP contribution in [-0.4, -0.2) is 69.6 Å². The lowest BCUT2D eigenvalue weighted by Crippen LogP contribution is -2.50. The molecule has 0 bridgehead atoms. The number of hydrogen-bond acceptors (Lipinski definition) is 5. The Bertz CT molecular complexity index is 902. The van der Waals surface area contributed by atoms with Gasteiger partial charge in [-0.15, -0.1) is 0 Å². The molecule has 2 saturated heterocycles. The van der Waals surface area contributed by atoms with Gasteiger partial charge >= 0.3 is 0 Å². The third-order valence-corrected chi connectivity index (χ3v) is 8.38. The second kappa shape index (κ2) is 8.12. The standard InChI is InChI=1S/C18H24N2O5S2/c21-18(14-17-6-12-26(22,23)15-17)19-8-10-20(11-9-19)27(24,25)13-7-16-4-2-1-3-5-16/h1-5,7,13,17H,6,8-12,14-15H2/b13-7+/t17-/m1/s1. The maximum absolute atomic E-state index is 12.5. The number of carbonyl (C=O) groups excluding carboxylic acids is 1. The molecule has 2 fully saturated rings. The van der Waals surface area contributed by atoms with E-state index in [0.717, 1.165) is 5.56 Å². The van der Waals surface area contributed by atoms with Gasteiger partial charge < -0.3 is 4.90 Å². The molecule has 3 rings (SSSR count). The number of sulfonamides is 1. The van der Waals surface area contributed by atoms with Crippen molar-refractivity contribution in [3.05, 3.63) is 41.3 Å². The highest BCUT2D eigenvalue weighted by Crippen LogP contribution is 2.23. The highest BCUT2D eigenvalue weighted by Gasteiger charge is 2.32. The summed E-state index contributed by atoms with van der Waals surface area (Å²) in [5.41, 5.74) is 0.807. The van der Waals surface area contributed by atoms with Crippen molar-refractivity contribution < 1.29 is 21.6 Å². The third kappa shape index (κ3) is 5.40. The summed E-state index contributed by atoms with van der Waals surface area (Å²) in [6.07, 6.45) is 2.32. The monoisotopic (exact) mass is 412 g/mol. The predicted molar refractivity (Wildman–Crippen MR) is 104 cm³/mol. The summed E-state index contributed by atoms with van der Waals surface area (Å²) in [4.78, 5) is 14.0. The van der Waals surface area contributed by atoms with Crippen molar-refractivity contribution in [1.82, 2.24) is 9.21 Å². The van der Waals surface area contributed by atoms with Gasteiger partial charge in [-0.05, 0) is 24.0 Å². The zero-order valence-electron chi connectivity index (χ0n) is 15.0. The number of piperazine rings is 1. The van der Waals surface area contributed by atoms with Gasteiger partial charge in [-0.25, -0.2) is 16.8 Å². The Balaban J connectivity index is 1.52. The molecular formula is C18H24N2O5S2. The summed E-state index contributed by atoms with van der Waals surface area (Å²) in [5.74, 6) is 0.0364. The average molecular weight is 413 g/mol. The Kier molecular flexibility index (Phi) is 6.02. The number of nitrogens with zero attached hydrogens (tertiary/aromatic N) is 2. The van der Waals surface area contributed by atoms with Crippen LogP contribution in [0.15, 0.2) is 35.7 Å². The van der Waals surface area contributed by atoms with Gasteiger partial charge in [0.1, 0.15) is 0 Å². The molecule has 2 heterocycles. The normalized spacial score (nSPS) is 23.7. The van der Waals surface area contributed by atoms with E-state index in [-0.39, 0.29) is 42.8 Å². The summed E-state index contributed by atoms with van der Waals surface area (Å²) >= 11 is 0.